The largest absolute Gasteiger partial charge is 0.370 e. The predicted octanol–water partition coefficient (Wildman–Crippen LogP) is 2.25. The number of aromatic nitrogens is 1. The molecule has 146 valence electrons. The first-order valence-corrected chi connectivity index (χ1v) is 11.6. The van der Waals surface area contributed by atoms with Crippen LogP contribution in [-0.4, -0.2) is 38.0 Å². The van der Waals surface area contributed by atoms with E-state index in [0.717, 1.165) is 23.4 Å². The van der Waals surface area contributed by atoms with E-state index in [1.807, 2.05) is 12.3 Å². The van der Waals surface area contributed by atoms with Crippen molar-refractivity contribution < 1.29 is 8.42 Å². The summed E-state index contributed by atoms with van der Waals surface area (Å²) in [5, 5.41) is 12.3. The number of rotatable bonds is 10. The van der Waals surface area contributed by atoms with Gasteiger partial charge in [-0.3, -0.25) is 15.1 Å². The lowest BCUT2D eigenvalue weighted by molar-refractivity contribution is 0.593. The standard InChI is InChI=1S/C16H22N6O2S3/c1-2-12-3-5-14(6-4-12)27(23,24)20-11-19-7-8-25-9-13-10-26-16(21-13)22-15(17)18/h3-6,10-11H,2,7-9H2,1H3,(H,19,20)(H4,17,18,21,22). The zero-order chi connectivity index (χ0) is 19.7. The van der Waals surface area contributed by atoms with E-state index in [-0.39, 0.29) is 10.9 Å². The molecule has 0 aliphatic carbocycles. The second-order valence-corrected chi connectivity index (χ2v) is 9.07. The number of nitrogens with two attached hydrogens (primary N) is 1. The summed E-state index contributed by atoms with van der Waals surface area (Å²) in [5.41, 5.74) is 7.24. The second-order valence-electron chi connectivity index (χ2n) is 5.39. The van der Waals surface area contributed by atoms with E-state index in [9.17, 15) is 8.42 Å². The van der Waals surface area contributed by atoms with E-state index in [1.165, 1.54) is 17.7 Å². The van der Waals surface area contributed by atoms with Gasteiger partial charge in [0.2, 0.25) is 0 Å². The molecule has 0 radical (unpaired) electrons. The zero-order valence-corrected chi connectivity index (χ0v) is 17.3. The van der Waals surface area contributed by atoms with Crippen molar-refractivity contribution in [2.75, 3.05) is 17.6 Å². The van der Waals surface area contributed by atoms with Crippen molar-refractivity contribution in [3.05, 3.63) is 40.9 Å². The first-order valence-electron chi connectivity index (χ1n) is 8.13. The Morgan fingerprint density at radius 3 is 2.81 bits per heavy atom. The Balaban J connectivity index is 1.69. The third-order valence-electron chi connectivity index (χ3n) is 3.35. The SMILES string of the molecule is CCc1ccc(S(=O)(=O)NC=NCCSCc2csc(NC(=N)N)n2)cc1. The molecule has 11 heteroatoms. The molecule has 0 spiro atoms. The highest BCUT2D eigenvalue weighted by molar-refractivity contribution is 7.98. The second kappa shape index (κ2) is 10.3. The molecular formula is C16H22N6O2S3. The van der Waals surface area contributed by atoms with Crippen LogP contribution >= 0.6 is 23.1 Å². The highest BCUT2D eigenvalue weighted by Gasteiger charge is 2.11. The van der Waals surface area contributed by atoms with Crippen molar-refractivity contribution in [1.82, 2.24) is 9.71 Å². The van der Waals surface area contributed by atoms with Crippen LogP contribution in [0.4, 0.5) is 5.13 Å². The number of sulfonamides is 1. The molecule has 0 saturated heterocycles. The minimum Gasteiger partial charge on any atom is -0.370 e. The van der Waals surface area contributed by atoms with E-state index in [2.05, 4.69) is 20.0 Å². The van der Waals surface area contributed by atoms with Gasteiger partial charge in [-0.05, 0) is 24.1 Å². The average Bonchev–Trinajstić information content (AvgIpc) is 3.07. The number of aryl methyl sites for hydroxylation is 1. The molecule has 0 aliphatic heterocycles. The van der Waals surface area contributed by atoms with Crippen LogP contribution in [0.3, 0.4) is 0 Å². The molecule has 0 unspecified atom stereocenters. The fraction of sp³-hybridized carbons (Fsp3) is 0.312. The smallest absolute Gasteiger partial charge is 0.262 e. The van der Waals surface area contributed by atoms with E-state index in [4.69, 9.17) is 11.1 Å². The summed E-state index contributed by atoms with van der Waals surface area (Å²) in [6.07, 6.45) is 2.09. The molecule has 2 aromatic rings. The number of thioether (sulfide) groups is 1. The molecule has 0 amide bonds. The molecule has 1 heterocycles. The molecule has 5 N–H and O–H groups in total. The van der Waals surface area contributed by atoms with E-state index in [0.29, 0.717) is 17.4 Å². The Kier molecular flexibility index (Phi) is 8.07. The maximum Gasteiger partial charge on any atom is 0.262 e. The number of guanidine groups is 1. The number of hydrogen-bond acceptors (Lipinski definition) is 7. The molecule has 0 aliphatic rings. The van der Waals surface area contributed by atoms with Crippen molar-refractivity contribution in [1.29, 1.82) is 5.41 Å². The number of hydrogen-bond donors (Lipinski definition) is 4. The molecule has 0 atom stereocenters. The summed E-state index contributed by atoms with van der Waals surface area (Å²) in [4.78, 5) is 8.60. The molecule has 27 heavy (non-hydrogen) atoms. The van der Waals surface area contributed by atoms with Gasteiger partial charge in [0, 0.05) is 23.4 Å². The van der Waals surface area contributed by atoms with Gasteiger partial charge in [-0.2, -0.15) is 11.8 Å². The molecule has 0 fully saturated rings. The van der Waals surface area contributed by atoms with Gasteiger partial charge < -0.3 is 11.1 Å². The predicted molar refractivity (Wildman–Crippen MR) is 113 cm³/mol. The Morgan fingerprint density at radius 1 is 1.41 bits per heavy atom. The van der Waals surface area contributed by atoms with Crippen LogP contribution in [0, 0.1) is 5.41 Å². The number of anilines is 1. The summed E-state index contributed by atoms with van der Waals surface area (Å²) >= 11 is 3.03. The fourth-order valence-electron chi connectivity index (χ4n) is 1.98. The van der Waals surface area contributed by atoms with Crippen molar-refractivity contribution >= 4 is 50.6 Å². The molecular weight excluding hydrogens is 404 g/mol. The van der Waals surface area contributed by atoms with Crippen molar-refractivity contribution in [3.63, 3.8) is 0 Å². The van der Waals surface area contributed by atoms with Crippen molar-refractivity contribution in [2.45, 2.75) is 24.0 Å². The number of benzene rings is 1. The van der Waals surface area contributed by atoms with Gasteiger partial charge in [-0.1, -0.05) is 19.1 Å². The lowest BCUT2D eigenvalue weighted by Crippen LogP contribution is -2.22. The average molecular weight is 427 g/mol. The van der Waals surface area contributed by atoms with E-state index >= 15 is 0 Å². The molecule has 0 bridgehead atoms. The van der Waals surface area contributed by atoms with Gasteiger partial charge >= 0.3 is 0 Å². The fourth-order valence-corrected chi connectivity index (χ4v) is 4.39. The quantitative estimate of drug-likeness (QED) is 0.262. The van der Waals surface area contributed by atoms with Gasteiger partial charge in [-0.25, -0.2) is 13.4 Å². The van der Waals surface area contributed by atoms with Crippen LogP contribution in [0.25, 0.3) is 0 Å². The maximum absolute atomic E-state index is 12.1. The monoisotopic (exact) mass is 426 g/mol. The highest BCUT2D eigenvalue weighted by Crippen LogP contribution is 2.19. The summed E-state index contributed by atoms with van der Waals surface area (Å²) in [7, 11) is -3.58. The molecule has 0 saturated carbocycles. The van der Waals surface area contributed by atoms with Gasteiger partial charge in [0.15, 0.2) is 11.1 Å². The Bertz CT molecular complexity index is 878. The summed E-state index contributed by atoms with van der Waals surface area (Å²) in [6.45, 7) is 2.51. The topological polar surface area (TPSA) is 133 Å². The third-order valence-corrected chi connectivity index (χ3v) is 6.44. The van der Waals surface area contributed by atoms with Crippen LogP contribution in [-0.2, 0) is 22.2 Å². The highest BCUT2D eigenvalue weighted by atomic mass is 32.2. The minimum absolute atomic E-state index is 0.137. The first-order chi connectivity index (χ1) is 12.9. The van der Waals surface area contributed by atoms with Crippen LogP contribution < -0.4 is 15.8 Å². The van der Waals surface area contributed by atoms with Gasteiger partial charge in [0.1, 0.15) is 0 Å². The summed E-state index contributed by atoms with van der Waals surface area (Å²) in [5.74, 6) is 1.30. The van der Waals surface area contributed by atoms with Gasteiger partial charge in [-0.15, -0.1) is 11.3 Å². The van der Waals surface area contributed by atoms with Crippen molar-refractivity contribution in [3.8, 4) is 0 Å². The van der Waals surface area contributed by atoms with Crippen LogP contribution in [0.2, 0.25) is 0 Å². The Morgan fingerprint density at radius 2 is 2.15 bits per heavy atom. The normalized spacial score (nSPS) is 11.6. The third kappa shape index (κ3) is 7.19. The number of nitrogens with one attached hydrogen (secondary N) is 3. The minimum atomic E-state index is -3.58. The molecule has 1 aromatic carbocycles. The maximum atomic E-state index is 12.1. The Hall–Kier alpha value is -2.11. The number of thiazole rings is 1. The van der Waals surface area contributed by atoms with E-state index in [1.54, 1.807) is 36.0 Å². The Labute approximate surface area is 167 Å². The lowest BCUT2D eigenvalue weighted by atomic mass is 10.2. The number of aliphatic imine (C=N–C) groups is 1. The summed E-state index contributed by atoms with van der Waals surface area (Å²) in [6, 6.07) is 6.79. The number of nitrogens with zero attached hydrogens (tertiary/aromatic N) is 2. The molecule has 2 rings (SSSR count). The van der Waals surface area contributed by atoms with Crippen molar-refractivity contribution in [2.24, 2.45) is 10.7 Å². The zero-order valence-electron chi connectivity index (χ0n) is 14.8. The summed E-state index contributed by atoms with van der Waals surface area (Å²) < 4.78 is 26.6. The van der Waals surface area contributed by atoms with Gasteiger partial charge in [0.25, 0.3) is 10.0 Å². The lowest BCUT2D eigenvalue weighted by Gasteiger charge is -2.04. The van der Waals surface area contributed by atoms with Crippen LogP contribution in [0.5, 0.6) is 0 Å². The van der Waals surface area contributed by atoms with E-state index < -0.39 is 10.0 Å². The van der Waals surface area contributed by atoms with Crippen LogP contribution in [0.15, 0.2) is 39.5 Å². The molecule has 8 nitrogen and oxygen atoms in total. The first kappa shape index (κ1) is 21.2. The van der Waals surface area contributed by atoms with Gasteiger partial charge in [0.05, 0.1) is 16.9 Å². The molecule has 1 aromatic heterocycles. The van der Waals surface area contributed by atoms with Crippen LogP contribution in [0.1, 0.15) is 18.2 Å².